The zero-order valence-corrected chi connectivity index (χ0v) is 9.96. The Balaban J connectivity index is 1.88. The first-order chi connectivity index (χ1) is 8.29. The standard InChI is InChI=1S/C13H20N2O2/c14-8-12-9-15(6-7-17-12)10-13(16)11-4-2-1-3-5-11/h1-5,12-13,16H,6-10,14H2. The van der Waals surface area contributed by atoms with Crippen LogP contribution in [0.25, 0.3) is 0 Å². The van der Waals surface area contributed by atoms with Crippen molar-refractivity contribution in [2.45, 2.75) is 12.2 Å². The third-order valence-corrected chi connectivity index (χ3v) is 3.10. The highest BCUT2D eigenvalue weighted by molar-refractivity contribution is 5.17. The highest BCUT2D eigenvalue weighted by Gasteiger charge is 2.21. The summed E-state index contributed by atoms with van der Waals surface area (Å²) in [6, 6.07) is 9.74. The normalized spacial score (nSPS) is 23.5. The fourth-order valence-electron chi connectivity index (χ4n) is 2.11. The van der Waals surface area contributed by atoms with Crippen LogP contribution in [0.2, 0.25) is 0 Å². The Labute approximate surface area is 102 Å². The van der Waals surface area contributed by atoms with E-state index in [-0.39, 0.29) is 6.10 Å². The van der Waals surface area contributed by atoms with E-state index in [9.17, 15) is 5.11 Å². The van der Waals surface area contributed by atoms with E-state index in [1.807, 2.05) is 30.3 Å². The summed E-state index contributed by atoms with van der Waals surface area (Å²) >= 11 is 0. The predicted octanol–water partition coefficient (Wildman–Crippen LogP) is 0.379. The van der Waals surface area contributed by atoms with Gasteiger partial charge in [0.1, 0.15) is 0 Å². The first kappa shape index (κ1) is 12.5. The molecule has 0 saturated carbocycles. The molecule has 1 aliphatic rings. The minimum Gasteiger partial charge on any atom is -0.387 e. The highest BCUT2D eigenvalue weighted by Crippen LogP contribution is 2.15. The van der Waals surface area contributed by atoms with Crippen LogP contribution in [0.4, 0.5) is 0 Å². The third-order valence-electron chi connectivity index (χ3n) is 3.10. The molecule has 4 nitrogen and oxygen atoms in total. The number of hydrogen-bond donors (Lipinski definition) is 2. The minimum absolute atomic E-state index is 0.103. The molecule has 1 fully saturated rings. The topological polar surface area (TPSA) is 58.7 Å². The van der Waals surface area contributed by atoms with Crippen molar-refractivity contribution in [2.24, 2.45) is 5.73 Å². The van der Waals surface area contributed by atoms with Gasteiger partial charge >= 0.3 is 0 Å². The van der Waals surface area contributed by atoms with Crippen LogP contribution >= 0.6 is 0 Å². The number of ether oxygens (including phenoxy) is 1. The first-order valence-electron chi connectivity index (χ1n) is 6.06. The second-order valence-corrected chi connectivity index (χ2v) is 4.41. The molecule has 0 radical (unpaired) electrons. The molecule has 0 aliphatic carbocycles. The van der Waals surface area contributed by atoms with Gasteiger partial charge < -0.3 is 15.6 Å². The molecule has 94 valence electrons. The summed E-state index contributed by atoms with van der Waals surface area (Å²) in [5, 5.41) is 10.1. The largest absolute Gasteiger partial charge is 0.387 e. The lowest BCUT2D eigenvalue weighted by atomic mass is 10.1. The average molecular weight is 236 g/mol. The zero-order valence-electron chi connectivity index (χ0n) is 9.96. The van der Waals surface area contributed by atoms with Gasteiger partial charge in [0.25, 0.3) is 0 Å². The van der Waals surface area contributed by atoms with Crippen molar-refractivity contribution in [3.05, 3.63) is 35.9 Å². The van der Waals surface area contributed by atoms with E-state index in [1.165, 1.54) is 0 Å². The summed E-state index contributed by atoms with van der Waals surface area (Å²) in [4.78, 5) is 2.21. The van der Waals surface area contributed by atoms with Crippen LogP contribution in [-0.2, 0) is 4.74 Å². The Hall–Kier alpha value is -0.940. The Morgan fingerprint density at radius 1 is 1.41 bits per heavy atom. The van der Waals surface area contributed by atoms with Gasteiger partial charge in [-0.05, 0) is 5.56 Å². The minimum atomic E-state index is -0.437. The maximum atomic E-state index is 10.1. The van der Waals surface area contributed by atoms with Crippen LogP contribution in [-0.4, -0.2) is 48.9 Å². The molecule has 1 aromatic carbocycles. The number of nitrogens with zero attached hydrogens (tertiary/aromatic N) is 1. The molecular formula is C13H20N2O2. The molecule has 4 heteroatoms. The number of benzene rings is 1. The Bertz CT molecular complexity index is 331. The Morgan fingerprint density at radius 3 is 2.88 bits per heavy atom. The molecular weight excluding hydrogens is 216 g/mol. The number of aliphatic hydroxyl groups excluding tert-OH is 1. The van der Waals surface area contributed by atoms with Gasteiger partial charge in [0.05, 0.1) is 18.8 Å². The molecule has 17 heavy (non-hydrogen) atoms. The van der Waals surface area contributed by atoms with E-state index in [2.05, 4.69) is 4.90 Å². The van der Waals surface area contributed by atoms with Crippen LogP contribution < -0.4 is 5.73 Å². The lowest BCUT2D eigenvalue weighted by molar-refractivity contribution is -0.0361. The van der Waals surface area contributed by atoms with E-state index in [0.717, 1.165) is 18.7 Å². The van der Waals surface area contributed by atoms with Crippen molar-refractivity contribution in [1.82, 2.24) is 4.90 Å². The van der Waals surface area contributed by atoms with Gasteiger partial charge in [0.2, 0.25) is 0 Å². The monoisotopic (exact) mass is 236 g/mol. The average Bonchev–Trinajstić information content (AvgIpc) is 2.40. The highest BCUT2D eigenvalue weighted by atomic mass is 16.5. The van der Waals surface area contributed by atoms with Crippen LogP contribution in [0.15, 0.2) is 30.3 Å². The van der Waals surface area contributed by atoms with E-state index in [1.54, 1.807) is 0 Å². The molecule has 0 spiro atoms. The molecule has 0 amide bonds. The quantitative estimate of drug-likeness (QED) is 0.793. The summed E-state index contributed by atoms with van der Waals surface area (Å²) in [5.41, 5.74) is 6.55. The molecule has 1 aliphatic heterocycles. The molecule has 2 rings (SSSR count). The molecule has 0 bridgehead atoms. The van der Waals surface area contributed by atoms with Gasteiger partial charge in [-0.25, -0.2) is 0 Å². The van der Waals surface area contributed by atoms with Crippen LogP contribution in [0.3, 0.4) is 0 Å². The fourth-order valence-corrected chi connectivity index (χ4v) is 2.11. The molecule has 3 N–H and O–H groups in total. The molecule has 1 heterocycles. The molecule has 2 unspecified atom stereocenters. The van der Waals surface area contributed by atoms with Gasteiger partial charge in [0.15, 0.2) is 0 Å². The van der Waals surface area contributed by atoms with Crippen LogP contribution in [0.1, 0.15) is 11.7 Å². The predicted molar refractivity (Wildman–Crippen MR) is 66.6 cm³/mol. The lowest BCUT2D eigenvalue weighted by Gasteiger charge is -2.33. The summed E-state index contributed by atoms with van der Waals surface area (Å²) in [6.07, 6.45) is -0.334. The van der Waals surface area contributed by atoms with Crippen LogP contribution in [0.5, 0.6) is 0 Å². The maximum Gasteiger partial charge on any atom is 0.0916 e. The second kappa shape index (κ2) is 6.12. The van der Waals surface area contributed by atoms with Gasteiger partial charge in [-0.1, -0.05) is 30.3 Å². The fraction of sp³-hybridized carbons (Fsp3) is 0.538. The SMILES string of the molecule is NCC1CN(CC(O)c2ccccc2)CCO1. The van der Waals surface area contributed by atoms with E-state index in [0.29, 0.717) is 19.7 Å². The number of rotatable bonds is 4. The molecule has 0 aromatic heterocycles. The molecule has 1 aromatic rings. The number of aliphatic hydroxyl groups is 1. The summed E-state index contributed by atoms with van der Waals surface area (Å²) in [7, 11) is 0. The zero-order chi connectivity index (χ0) is 12.1. The maximum absolute atomic E-state index is 10.1. The number of hydrogen-bond acceptors (Lipinski definition) is 4. The van der Waals surface area contributed by atoms with Crippen LogP contribution in [0, 0.1) is 0 Å². The smallest absolute Gasteiger partial charge is 0.0916 e. The Morgan fingerprint density at radius 2 is 2.18 bits per heavy atom. The summed E-state index contributed by atoms with van der Waals surface area (Å²) in [5.74, 6) is 0. The van der Waals surface area contributed by atoms with Gasteiger partial charge in [-0.3, -0.25) is 4.90 Å². The Kier molecular flexibility index (Phi) is 4.50. The van der Waals surface area contributed by atoms with Gasteiger partial charge in [0, 0.05) is 26.2 Å². The third kappa shape index (κ3) is 3.51. The van der Waals surface area contributed by atoms with E-state index in [4.69, 9.17) is 10.5 Å². The molecule has 2 atom stereocenters. The van der Waals surface area contributed by atoms with Crippen molar-refractivity contribution in [1.29, 1.82) is 0 Å². The number of morpholine rings is 1. The number of β-amino-alcohol motifs (C(OH)–C–C–N with tert-alkyl or cyclic N) is 1. The van der Waals surface area contributed by atoms with E-state index >= 15 is 0 Å². The van der Waals surface area contributed by atoms with Crippen molar-refractivity contribution in [3.8, 4) is 0 Å². The van der Waals surface area contributed by atoms with Crippen molar-refractivity contribution >= 4 is 0 Å². The van der Waals surface area contributed by atoms with Gasteiger partial charge in [-0.2, -0.15) is 0 Å². The van der Waals surface area contributed by atoms with Crippen molar-refractivity contribution in [2.75, 3.05) is 32.8 Å². The van der Waals surface area contributed by atoms with Crippen molar-refractivity contribution < 1.29 is 9.84 Å². The second-order valence-electron chi connectivity index (χ2n) is 4.41. The lowest BCUT2D eigenvalue weighted by Crippen LogP contribution is -2.46. The van der Waals surface area contributed by atoms with Gasteiger partial charge in [-0.15, -0.1) is 0 Å². The summed E-state index contributed by atoms with van der Waals surface area (Å²) in [6.45, 7) is 3.55. The number of nitrogens with two attached hydrogens (primary N) is 1. The van der Waals surface area contributed by atoms with Crippen molar-refractivity contribution in [3.63, 3.8) is 0 Å². The summed E-state index contributed by atoms with van der Waals surface area (Å²) < 4.78 is 5.50. The first-order valence-corrected chi connectivity index (χ1v) is 6.06. The molecule has 1 saturated heterocycles. The van der Waals surface area contributed by atoms with E-state index < -0.39 is 6.10 Å².